The smallest absolute Gasteiger partial charge is 0.181 e. The van der Waals surface area contributed by atoms with Crippen molar-refractivity contribution in [2.45, 2.75) is 0 Å². The fourth-order valence-electron chi connectivity index (χ4n) is 0.880. The van der Waals surface area contributed by atoms with E-state index in [1.165, 1.54) is 6.39 Å². The highest BCUT2D eigenvalue weighted by Gasteiger charge is 2.00. The van der Waals surface area contributed by atoms with Gasteiger partial charge in [-0.3, -0.25) is 0 Å². The molecule has 0 N–H and O–H groups in total. The SMILES string of the molecule is Clc1ccc(-c2cnco2)cn1. The van der Waals surface area contributed by atoms with Crippen LogP contribution in [-0.2, 0) is 0 Å². The lowest BCUT2D eigenvalue weighted by atomic mass is 10.2. The van der Waals surface area contributed by atoms with Gasteiger partial charge in [0.15, 0.2) is 12.2 Å². The van der Waals surface area contributed by atoms with Gasteiger partial charge in [0.25, 0.3) is 0 Å². The summed E-state index contributed by atoms with van der Waals surface area (Å²) in [7, 11) is 0. The zero-order valence-electron chi connectivity index (χ0n) is 6.07. The highest BCUT2D eigenvalue weighted by Crippen LogP contribution is 2.18. The standard InChI is InChI=1S/C8H5ClN2O/c9-8-2-1-6(3-11-8)7-4-10-5-12-7/h1-5H. The summed E-state index contributed by atoms with van der Waals surface area (Å²) in [4.78, 5) is 7.71. The number of hydrogen-bond donors (Lipinski definition) is 0. The monoisotopic (exact) mass is 180 g/mol. The second-order valence-electron chi connectivity index (χ2n) is 2.24. The Balaban J connectivity index is 2.43. The Bertz CT molecular complexity index is 355. The average molecular weight is 181 g/mol. The molecule has 2 aromatic rings. The van der Waals surface area contributed by atoms with Crippen LogP contribution in [0.5, 0.6) is 0 Å². The molecule has 2 heterocycles. The Morgan fingerprint density at radius 2 is 2.17 bits per heavy atom. The van der Waals surface area contributed by atoms with Crippen molar-refractivity contribution in [1.82, 2.24) is 9.97 Å². The van der Waals surface area contributed by atoms with Crippen molar-refractivity contribution in [2.75, 3.05) is 0 Å². The summed E-state index contributed by atoms with van der Waals surface area (Å²) >= 11 is 5.62. The number of hydrogen-bond acceptors (Lipinski definition) is 3. The molecule has 0 fully saturated rings. The lowest BCUT2D eigenvalue weighted by molar-refractivity contribution is 0.571. The van der Waals surface area contributed by atoms with Crippen molar-refractivity contribution in [3.63, 3.8) is 0 Å². The summed E-state index contributed by atoms with van der Waals surface area (Å²) < 4.78 is 5.07. The molecule has 0 bridgehead atoms. The summed E-state index contributed by atoms with van der Waals surface area (Å²) in [6.07, 6.45) is 4.65. The Kier molecular flexibility index (Phi) is 1.80. The van der Waals surface area contributed by atoms with E-state index in [0.717, 1.165) is 5.56 Å². The van der Waals surface area contributed by atoms with Gasteiger partial charge in [0, 0.05) is 11.8 Å². The minimum absolute atomic E-state index is 0.471. The zero-order valence-corrected chi connectivity index (χ0v) is 6.82. The first kappa shape index (κ1) is 7.31. The van der Waals surface area contributed by atoms with E-state index in [1.807, 2.05) is 6.07 Å². The maximum Gasteiger partial charge on any atom is 0.181 e. The minimum Gasteiger partial charge on any atom is -0.443 e. The van der Waals surface area contributed by atoms with E-state index in [1.54, 1.807) is 18.5 Å². The molecule has 2 aromatic heterocycles. The predicted octanol–water partition coefficient (Wildman–Crippen LogP) is 2.39. The maximum atomic E-state index is 5.62. The first-order chi connectivity index (χ1) is 5.86. The van der Waals surface area contributed by atoms with Gasteiger partial charge in [-0.15, -0.1) is 0 Å². The Morgan fingerprint density at radius 1 is 1.25 bits per heavy atom. The van der Waals surface area contributed by atoms with Gasteiger partial charge in [-0.05, 0) is 12.1 Å². The molecule has 0 saturated carbocycles. The van der Waals surface area contributed by atoms with Gasteiger partial charge in [-0.25, -0.2) is 9.97 Å². The average Bonchev–Trinajstić information content (AvgIpc) is 2.58. The van der Waals surface area contributed by atoms with Crippen molar-refractivity contribution in [3.8, 4) is 11.3 Å². The van der Waals surface area contributed by atoms with Gasteiger partial charge >= 0.3 is 0 Å². The van der Waals surface area contributed by atoms with Crippen LogP contribution >= 0.6 is 11.6 Å². The van der Waals surface area contributed by atoms with Crippen molar-refractivity contribution < 1.29 is 4.42 Å². The number of aromatic nitrogens is 2. The fraction of sp³-hybridized carbons (Fsp3) is 0. The second-order valence-corrected chi connectivity index (χ2v) is 2.62. The third-order valence-electron chi connectivity index (χ3n) is 1.44. The number of pyridine rings is 1. The van der Waals surface area contributed by atoms with E-state index in [2.05, 4.69) is 9.97 Å². The van der Waals surface area contributed by atoms with Gasteiger partial charge in [0.05, 0.1) is 6.20 Å². The summed E-state index contributed by atoms with van der Waals surface area (Å²) in [5, 5.41) is 0.471. The minimum atomic E-state index is 0.471. The molecule has 60 valence electrons. The van der Waals surface area contributed by atoms with Crippen LogP contribution < -0.4 is 0 Å². The number of rotatable bonds is 1. The molecule has 2 rings (SSSR count). The number of nitrogens with zero attached hydrogens (tertiary/aromatic N) is 2. The van der Waals surface area contributed by atoms with Crippen LogP contribution in [0.3, 0.4) is 0 Å². The van der Waals surface area contributed by atoms with Gasteiger partial charge in [-0.2, -0.15) is 0 Å². The van der Waals surface area contributed by atoms with Crippen LogP contribution in [0.2, 0.25) is 5.15 Å². The molecule has 0 spiro atoms. The molecule has 0 radical (unpaired) electrons. The molecule has 0 atom stereocenters. The molecule has 12 heavy (non-hydrogen) atoms. The molecule has 0 amide bonds. The molecule has 0 aliphatic rings. The van der Waals surface area contributed by atoms with Crippen molar-refractivity contribution in [2.24, 2.45) is 0 Å². The number of oxazole rings is 1. The second kappa shape index (κ2) is 2.95. The van der Waals surface area contributed by atoms with Gasteiger partial charge in [-0.1, -0.05) is 11.6 Å². The first-order valence-corrected chi connectivity index (χ1v) is 3.74. The van der Waals surface area contributed by atoms with Crippen LogP contribution in [0, 0.1) is 0 Å². The lowest BCUT2D eigenvalue weighted by Gasteiger charge is -1.93. The summed E-state index contributed by atoms with van der Waals surface area (Å²) in [5.74, 6) is 0.694. The van der Waals surface area contributed by atoms with Gasteiger partial charge in [0.1, 0.15) is 5.15 Å². The molecule has 3 nitrogen and oxygen atoms in total. The van der Waals surface area contributed by atoms with Crippen LogP contribution in [0.15, 0.2) is 35.3 Å². The molecular weight excluding hydrogens is 176 g/mol. The van der Waals surface area contributed by atoms with Crippen molar-refractivity contribution in [1.29, 1.82) is 0 Å². The predicted molar refractivity (Wildman–Crippen MR) is 44.7 cm³/mol. The van der Waals surface area contributed by atoms with Gasteiger partial charge < -0.3 is 4.42 Å². The van der Waals surface area contributed by atoms with Crippen LogP contribution in [0.25, 0.3) is 11.3 Å². The van der Waals surface area contributed by atoms with Crippen molar-refractivity contribution in [3.05, 3.63) is 36.1 Å². The van der Waals surface area contributed by atoms with E-state index in [-0.39, 0.29) is 0 Å². The van der Waals surface area contributed by atoms with Crippen LogP contribution in [-0.4, -0.2) is 9.97 Å². The molecule has 0 saturated heterocycles. The van der Waals surface area contributed by atoms with E-state index in [0.29, 0.717) is 10.9 Å². The lowest BCUT2D eigenvalue weighted by Crippen LogP contribution is -1.76. The van der Waals surface area contributed by atoms with Crippen molar-refractivity contribution >= 4 is 11.6 Å². The van der Waals surface area contributed by atoms with E-state index in [9.17, 15) is 0 Å². The maximum absolute atomic E-state index is 5.62. The molecule has 4 heteroatoms. The van der Waals surface area contributed by atoms with Crippen LogP contribution in [0.4, 0.5) is 0 Å². The summed E-state index contributed by atoms with van der Waals surface area (Å²) in [6.45, 7) is 0. The number of halogens is 1. The summed E-state index contributed by atoms with van der Waals surface area (Å²) in [5.41, 5.74) is 0.872. The third kappa shape index (κ3) is 1.31. The highest BCUT2D eigenvalue weighted by molar-refractivity contribution is 6.29. The Hall–Kier alpha value is -1.35. The molecule has 0 aliphatic heterocycles. The molecule has 0 aromatic carbocycles. The van der Waals surface area contributed by atoms with Crippen LogP contribution in [0.1, 0.15) is 0 Å². The molecule has 0 unspecified atom stereocenters. The first-order valence-electron chi connectivity index (χ1n) is 3.37. The topological polar surface area (TPSA) is 38.9 Å². The Labute approximate surface area is 74.0 Å². The summed E-state index contributed by atoms with van der Waals surface area (Å²) in [6, 6.07) is 3.54. The third-order valence-corrected chi connectivity index (χ3v) is 1.67. The highest BCUT2D eigenvalue weighted by atomic mass is 35.5. The van der Waals surface area contributed by atoms with E-state index >= 15 is 0 Å². The normalized spacial score (nSPS) is 10.1. The largest absolute Gasteiger partial charge is 0.443 e. The van der Waals surface area contributed by atoms with E-state index < -0.39 is 0 Å². The quantitative estimate of drug-likeness (QED) is 0.633. The fourth-order valence-corrected chi connectivity index (χ4v) is 0.992. The molecule has 0 aliphatic carbocycles. The molecular formula is C8H5ClN2O. The Morgan fingerprint density at radius 3 is 2.75 bits per heavy atom. The van der Waals surface area contributed by atoms with Gasteiger partial charge in [0.2, 0.25) is 0 Å². The zero-order chi connectivity index (χ0) is 8.39. The van der Waals surface area contributed by atoms with E-state index in [4.69, 9.17) is 16.0 Å².